The van der Waals surface area contributed by atoms with Gasteiger partial charge in [0.25, 0.3) is 0 Å². The minimum Gasteiger partial charge on any atom is -0.481 e. The first-order valence-corrected chi connectivity index (χ1v) is 7.90. The Hall–Kier alpha value is -1.06. The summed E-state index contributed by atoms with van der Waals surface area (Å²) in [6.45, 7) is 4.80. The highest BCUT2D eigenvalue weighted by molar-refractivity contribution is 5.82. The first kappa shape index (κ1) is 15.3. The number of aliphatic carboxylic acids is 1. The molecule has 2 N–H and O–H groups in total. The molecule has 0 aromatic heterocycles. The molecule has 114 valence electrons. The largest absolute Gasteiger partial charge is 0.481 e. The maximum absolute atomic E-state index is 12.1. The van der Waals surface area contributed by atoms with Gasteiger partial charge in [-0.05, 0) is 42.9 Å². The van der Waals surface area contributed by atoms with Gasteiger partial charge in [0, 0.05) is 18.9 Å². The van der Waals surface area contributed by atoms with Gasteiger partial charge in [0.2, 0.25) is 5.91 Å². The molecule has 2 rings (SSSR count). The van der Waals surface area contributed by atoms with E-state index in [0.717, 1.165) is 6.42 Å². The second kappa shape index (κ2) is 6.15. The molecular weight excluding hydrogens is 254 g/mol. The Labute approximate surface area is 121 Å². The van der Waals surface area contributed by atoms with Gasteiger partial charge in [0.1, 0.15) is 0 Å². The van der Waals surface area contributed by atoms with Crippen molar-refractivity contribution in [2.45, 2.75) is 58.8 Å². The Kier molecular flexibility index (Phi) is 4.71. The fourth-order valence-corrected chi connectivity index (χ4v) is 3.59. The van der Waals surface area contributed by atoms with E-state index in [2.05, 4.69) is 19.2 Å². The summed E-state index contributed by atoms with van der Waals surface area (Å²) in [5.74, 6) is 1.08. The molecule has 0 aliphatic heterocycles. The molecule has 0 heterocycles. The normalized spacial score (nSPS) is 28.6. The summed E-state index contributed by atoms with van der Waals surface area (Å²) < 4.78 is 0. The van der Waals surface area contributed by atoms with E-state index in [0.29, 0.717) is 24.8 Å². The molecule has 2 unspecified atom stereocenters. The Morgan fingerprint density at radius 3 is 2.30 bits per heavy atom. The monoisotopic (exact) mass is 281 g/mol. The van der Waals surface area contributed by atoms with Crippen molar-refractivity contribution in [1.29, 1.82) is 0 Å². The van der Waals surface area contributed by atoms with Gasteiger partial charge in [-0.3, -0.25) is 9.59 Å². The zero-order chi connectivity index (χ0) is 14.8. The average molecular weight is 281 g/mol. The van der Waals surface area contributed by atoms with Crippen molar-refractivity contribution >= 4 is 11.9 Å². The molecule has 4 heteroatoms. The second-order valence-electron chi connectivity index (χ2n) is 7.24. The number of carboxylic acids is 1. The lowest BCUT2D eigenvalue weighted by atomic mass is 9.84. The lowest BCUT2D eigenvalue weighted by Gasteiger charge is -2.23. The predicted octanol–water partition coefficient (Wildman–Crippen LogP) is 2.82. The van der Waals surface area contributed by atoms with E-state index >= 15 is 0 Å². The molecule has 0 spiro atoms. The highest BCUT2D eigenvalue weighted by Crippen LogP contribution is 2.55. The molecule has 2 aliphatic rings. The Bertz CT molecular complexity index is 366. The van der Waals surface area contributed by atoms with Gasteiger partial charge >= 0.3 is 5.97 Å². The van der Waals surface area contributed by atoms with Crippen molar-refractivity contribution in [2.75, 3.05) is 6.54 Å². The Balaban J connectivity index is 1.65. The van der Waals surface area contributed by atoms with E-state index in [1.54, 1.807) is 0 Å². The minimum atomic E-state index is -0.746. The summed E-state index contributed by atoms with van der Waals surface area (Å²) in [6.07, 6.45) is 6.73. The fourth-order valence-electron chi connectivity index (χ4n) is 3.59. The van der Waals surface area contributed by atoms with Crippen LogP contribution in [0.1, 0.15) is 58.8 Å². The molecule has 0 aromatic rings. The second-order valence-corrected chi connectivity index (χ2v) is 7.24. The molecule has 2 aliphatic carbocycles. The highest BCUT2D eigenvalue weighted by atomic mass is 16.4. The van der Waals surface area contributed by atoms with Crippen LogP contribution in [0.3, 0.4) is 0 Å². The van der Waals surface area contributed by atoms with E-state index in [1.165, 1.54) is 25.7 Å². The molecular formula is C16H27NO3. The number of fused-ring (bicyclic) bond motifs is 1. The number of hydrogen-bond acceptors (Lipinski definition) is 2. The summed E-state index contributed by atoms with van der Waals surface area (Å²) in [4.78, 5) is 22.7. The number of carbonyl (C=O) groups excluding carboxylic acids is 1. The van der Waals surface area contributed by atoms with E-state index in [4.69, 9.17) is 5.11 Å². The molecule has 4 nitrogen and oxygen atoms in total. The topological polar surface area (TPSA) is 66.4 Å². The Morgan fingerprint density at radius 2 is 1.75 bits per heavy atom. The van der Waals surface area contributed by atoms with Crippen LogP contribution in [0.15, 0.2) is 0 Å². The Morgan fingerprint density at radius 1 is 1.15 bits per heavy atom. The fraction of sp³-hybridized carbons (Fsp3) is 0.875. The summed E-state index contributed by atoms with van der Waals surface area (Å²) >= 11 is 0. The van der Waals surface area contributed by atoms with Crippen molar-refractivity contribution < 1.29 is 14.7 Å². The molecule has 0 saturated heterocycles. The minimum absolute atomic E-state index is 0.0258. The molecule has 0 bridgehead atoms. The van der Waals surface area contributed by atoms with Gasteiger partial charge in [-0.25, -0.2) is 0 Å². The molecule has 0 aromatic carbocycles. The zero-order valence-electron chi connectivity index (χ0n) is 12.7. The maximum Gasteiger partial charge on any atom is 0.303 e. The van der Waals surface area contributed by atoms with Crippen molar-refractivity contribution in [3.63, 3.8) is 0 Å². The first-order chi connectivity index (χ1) is 9.41. The van der Waals surface area contributed by atoms with Gasteiger partial charge in [-0.2, -0.15) is 0 Å². The third-order valence-electron chi connectivity index (χ3n) is 5.08. The van der Waals surface area contributed by atoms with Crippen LogP contribution in [0.2, 0.25) is 0 Å². The van der Waals surface area contributed by atoms with Crippen LogP contribution in [-0.4, -0.2) is 23.5 Å². The summed E-state index contributed by atoms with van der Waals surface area (Å²) in [5.41, 5.74) is -0.0258. The molecule has 2 saturated carbocycles. The molecule has 2 atom stereocenters. The number of amides is 1. The standard InChI is InChI=1S/C16H27NO3/c1-16(2,8-7-13(18)19)9-10-17-15(20)14-11-5-3-4-6-12(11)14/h11-12,14H,3-10H2,1-2H3,(H,17,20)(H,18,19). The van der Waals surface area contributed by atoms with Crippen molar-refractivity contribution in [3.05, 3.63) is 0 Å². The smallest absolute Gasteiger partial charge is 0.303 e. The van der Waals surface area contributed by atoms with Crippen LogP contribution in [-0.2, 0) is 9.59 Å². The number of rotatable bonds is 7. The molecule has 0 radical (unpaired) electrons. The molecule has 1 amide bonds. The van der Waals surface area contributed by atoms with Gasteiger partial charge in [-0.15, -0.1) is 0 Å². The first-order valence-electron chi connectivity index (χ1n) is 7.90. The highest BCUT2D eigenvalue weighted by Gasteiger charge is 2.54. The lowest BCUT2D eigenvalue weighted by molar-refractivity contribution is -0.137. The predicted molar refractivity (Wildman–Crippen MR) is 77.2 cm³/mol. The summed E-state index contributed by atoms with van der Waals surface area (Å²) in [7, 11) is 0. The van der Waals surface area contributed by atoms with E-state index in [-0.39, 0.29) is 23.7 Å². The van der Waals surface area contributed by atoms with Gasteiger partial charge < -0.3 is 10.4 Å². The summed E-state index contributed by atoms with van der Waals surface area (Å²) in [5, 5.41) is 11.8. The van der Waals surface area contributed by atoms with Crippen LogP contribution in [0.4, 0.5) is 0 Å². The van der Waals surface area contributed by atoms with Crippen LogP contribution in [0.25, 0.3) is 0 Å². The van der Waals surface area contributed by atoms with Crippen molar-refractivity contribution in [3.8, 4) is 0 Å². The van der Waals surface area contributed by atoms with Crippen LogP contribution in [0.5, 0.6) is 0 Å². The third-order valence-corrected chi connectivity index (χ3v) is 5.08. The number of carboxylic acid groups (broad SMARTS) is 1. The molecule has 2 fully saturated rings. The third kappa shape index (κ3) is 3.97. The number of nitrogens with one attached hydrogen (secondary N) is 1. The average Bonchev–Trinajstić information content (AvgIpc) is 3.10. The van der Waals surface area contributed by atoms with E-state index < -0.39 is 5.97 Å². The number of carbonyl (C=O) groups is 2. The molecule has 20 heavy (non-hydrogen) atoms. The summed E-state index contributed by atoms with van der Waals surface area (Å²) in [6, 6.07) is 0. The van der Waals surface area contributed by atoms with Crippen molar-refractivity contribution in [1.82, 2.24) is 5.32 Å². The number of hydrogen-bond donors (Lipinski definition) is 2. The quantitative estimate of drug-likeness (QED) is 0.754. The zero-order valence-corrected chi connectivity index (χ0v) is 12.7. The van der Waals surface area contributed by atoms with E-state index in [1.807, 2.05) is 0 Å². The van der Waals surface area contributed by atoms with Crippen LogP contribution < -0.4 is 5.32 Å². The van der Waals surface area contributed by atoms with Crippen LogP contribution >= 0.6 is 0 Å². The lowest BCUT2D eigenvalue weighted by Crippen LogP contribution is -2.30. The SMILES string of the molecule is CC(C)(CCNC(=O)C1C2CCCCC21)CCC(=O)O. The van der Waals surface area contributed by atoms with Gasteiger partial charge in [0.15, 0.2) is 0 Å². The van der Waals surface area contributed by atoms with Crippen molar-refractivity contribution in [2.24, 2.45) is 23.2 Å². The van der Waals surface area contributed by atoms with Crippen LogP contribution in [0, 0.1) is 23.2 Å². The maximum atomic E-state index is 12.1. The van der Waals surface area contributed by atoms with Gasteiger partial charge in [0.05, 0.1) is 0 Å². The van der Waals surface area contributed by atoms with Gasteiger partial charge in [-0.1, -0.05) is 26.7 Å². The van der Waals surface area contributed by atoms with E-state index in [9.17, 15) is 9.59 Å².